The van der Waals surface area contributed by atoms with Crippen LogP contribution in [0.5, 0.6) is 0 Å². The number of hydrogen-bond donors (Lipinski definition) is 1. The molecule has 0 bridgehead atoms. The fourth-order valence-corrected chi connectivity index (χ4v) is 2.74. The molecular formula is C15H28N4. The lowest BCUT2D eigenvalue weighted by Gasteiger charge is -2.34. The molecule has 4 heteroatoms. The predicted molar refractivity (Wildman–Crippen MR) is 79.1 cm³/mol. The third-order valence-corrected chi connectivity index (χ3v) is 3.67. The number of nitrogens with one attached hydrogen (secondary N) is 1. The van der Waals surface area contributed by atoms with Crippen molar-refractivity contribution in [3.63, 3.8) is 0 Å². The SMILES string of the molecule is CC(C)CC1CN(Cc2ccn(C(C)C)n2)CCN1. The summed E-state index contributed by atoms with van der Waals surface area (Å²) in [5.74, 6) is 0.762. The van der Waals surface area contributed by atoms with E-state index in [2.05, 4.69) is 55.3 Å². The van der Waals surface area contributed by atoms with E-state index in [1.165, 1.54) is 12.1 Å². The second-order valence-electron chi connectivity index (χ2n) is 6.40. The van der Waals surface area contributed by atoms with Crippen molar-refractivity contribution >= 4 is 0 Å². The maximum atomic E-state index is 4.64. The third-order valence-electron chi connectivity index (χ3n) is 3.67. The molecule has 1 aliphatic heterocycles. The van der Waals surface area contributed by atoms with Crippen molar-refractivity contribution in [3.05, 3.63) is 18.0 Å². The molecule has 1 saturated heterocycles. The normalized spacial score (nSPS) is 21.5. The van der Waals surface area contributed by atoms with E-state index in [-0.39, 0.29) is 0 Å². The van der Waals surface area contributed by atoms with E-state index in [0.29, 0.717) is 12.1 Å². The summed E-state index contributed by atoms with van der Waals surface area (Å²) in [5, 5.41) is 8.27. The first-order valence-corrected chi connectivity index (χ1v) is 7.54. The van der Waals surface area contributed by atoms with Crippen LogP contribution in [-0.2, 0) is 6.54 Å². The smallest absolute Gasteiger partial charge is 0.0764 e. The summed E-state index contributed by atoms with van der Waals surface area (Å²) >= 11 is 0. The van der Waals surface area contributed by atoms with Gasteiger partial charge in [0, 0.05) is 44.5 Å². The Balaban J connectivity index is 1.87. The Morgan fingerprint density at radius 3 is 2.79 bits per heavy atom. The Kier molecular flexibility index (Phi) is 4.99. The van der Waals surface area contributed by atoms with Gasteiger partial charge in [0.2, 0.25) is 0 Å². The highest BCUT2D eigenvalue weighted by atomic mass is 15.3. The maximum absolute atomic E-state index is 4.64. The van der Waals surface area contributed by atoms with Crippen molar-refractivity contribution in [2.24, 2.45) is 5.92 Å². The fourth-order valence-electron chi connectivity index (χ4n) is 2.74. The number of aromatic nitrogens is 2. The molecule has 2 heterocycles. The zero-order valence-electron chi connectivity index (χ0n) is 12.8. The Labute approximate surface area is 117 Å². The molecule has 19 heavy (non-hydrogen) atoms. The van der Waals surface area contributed by atoms with Gasteiger partial charge < -0.3 is 5.32 Å². The minimum atomic E-state index is 0.450. The molecular weight excluding hydrogens is 236 g/mol. The Morgan fingerprint density at radius 1 is 1.37 bits per heavy atom. The first kappa shape index (κ1) is 14.5. The van der Waals surface area contributed by atoms with Crippen LogP contribution in [0.3, 0.4) is 0 Å². The number of rotatable bonds is 5. The quantitative estimate of drug-likeness (QED) is 0.886. The molecule has 1 unspecified atom stereocenters. The van der Waals surface area contributed by atoms with E-state index >= 15 is 0 Å². The van der Waals surface area contributed by atoms with E-state index in [4.69, 9.17) is 0 Å². The molecule has 1 N–H and O–H groups in total. The van der Waals surface area contributed by atoms with Crippen molar-refractivity contribution in [2.45, 2.75) is 52.7 Å². The summed E-state index contributed by atoms with van der Waals surface area (Å²) in [6.45, 7) is 13.3. The second kappa shape index (κ2) is 6.53. The number of nitrogens with zero attached hydrogens (tertiary/aromatic N) is 3. The molecule has 1 aromatic heterocycles. The third kappa shape index (κ3) is 4.32. The zero-order valence-corrected chi connectivity index (χ0v) is 12.8. The van der Waals surface area contributed by atoms with Crippen molar-refractivity contribution < 1.29 is 0 Å². The lowest BCUT2D eigenvalue weighted by atomic mass is 10.0. The first-order valence-electron chi connectivity index (χ1n) is 7.54. The average Bonchev–Trinajstić information content (AvgIpc) is 2.77. The molecule has 2 rings (SSSR count). The molecule has 1 aliphatic rings. The molecule has 0 aromatic carbocycles. The Morgan fingerprint density at radius 2 is 2.16 bits per heavy atom. The van der Waals surface area contributed by atoms with Crippen LogP contribution in [0, 0.1) is 5.92 Å². The monoisotopic (exact) mass is 264 g/mol. The zero-order chi connectivity index (χ0) is 13.8. The van der Waals surface area contributed by atoms with E-state index in [1.807, 2.05) is 4.68 Å². The van der Waals surface area contributed by atoms with E-state index in [9.17, 15) is 0 Å². The molecule has 0 spiro atoms. The van der Waals surface area contributed by atoms with Gasteiger partial charge in [-0.25, -0.2) is 0 Å². The van der Waals surface area contributed by atoms with Crippen molar-refractivity contribution in [2.75, 3.05) is 19.6 Å². The van der Waals surface area contributed by atoms with E-state index in [0.717, 1.165) is 32.1 Å². The van der Waals surface area contributed by atoms with Crippen LogP contribution in [0.25, 0.3) is 0 Å². The van der Waals surface area contributed by atoms with Crippen molar-refractivity contribution in [3.8, 4) is 0 Å². The maximum Gasteiger partial charge on any atom is 0.0764 e. The minimum absolute atomic E-state index is 0.450. The molecule has 108 valence electrons. The van der Waals surface area contributed by atoms with Crippen LogP contribution in [0.15, 0.2) is 12.3 Å². The van der Waals surface area contributed by atoms with Crippen LogP contribution < -0.4 is 5.32 Å². The summed E-state index contributed by atoms with van der Waals surface area (Å²) in [6, 6.07) is 3.24. The summed E-state index contributed by atoms with van der Waals surface area (Å²) in [6.07, 6.45) is 3.35. The lowest BCUT2D eigenvalue weighted by molar-refractivity contribution is 0.177. The molecule has 1 aromatic rings. The molecule has 0 saturated carbocycles. The predicted octanol–water partition coefficient (Wildman–Crippen LogP) is 2.28. The van der Waals surface area contributed by atoms with Crippen LogP contribution in [0.2, 0.25) is 0 Å². The molecule has 0 aliphatic carbocycles. The summed E-state index contributed by atoms with van der Waals surface area (Å²) < 4.78 is 2.04. The van der Waals surface area contributed by atoms with Gasteiger partial charge in [-0.3, -0.25) is 9.58 Å². The average molecular weight is 264 g/mol. The molecule has 1 atom stereocenters. The molecule has 4 nitrogen and oxygen atoms in total. The largest absolute Gasteiger partial charge is 0.311 e. The molecule has 0 radical (unpaired) electrons. The van der Waals surface area contributed by atoms with Crippen LogP contribution >= 0.6 is 0 Å². The highest BCUT2D eigenvalue weighted by molar-refractivity contribution is 5.00. The summed E-state index contributed by atoms with van der Waals surface area (Å²) in [7, 11) is 0. The second-order valence-corrected chi connectivity index (χ2v) is 6.40. The van der Waals surface area contributed by atoms with Gasteiger partial charge in [0.25, 0.3) is 0 Å². The highest BCUT2D eigenvalue weighted by Crippen LogP contribution is 2.12. The summed E-state index contributed by atoms with van der Waals surface area (Å²) in [4.78, 5) is 2.52. The molecule has 0 amide bonds. The van der Waals surface area contributed by atoms with Crippen LogP contribution in [0.1, 0.15) is 45.9 Å². The molecule has 1 fully saturated rings. The van der Waals surface area contributed by atoms with Crippen molar-refractivity contribution in [1.82, 2.24) is 20.0 Å². The standard InChI is InChI=1S/C15H28N4/c1-12(2)9-15-11-18(8-6-16-15)10-14-5-7-19(17-14)13(3)4/h5,7,12-13,15-16H,6,8-11H2,1-4H3. The van der Waals surface area contributed by atoms with E-state index < -0.39 is 0 Å². The van der Waals surface area contributed by atoms with Gasteiger partial charge in [0.05, 0.1) is 5.69 Å². The minimum Gasteiger partial charge on any atom is -0.311 e. The number of piperazine rings is 1. The van der Waals surface area contributed by atoms with Gasteiger partial charge >= 0.3 is 0 Å². The summed E-state index contributed by atoms with van der Waals surface area (Å²) in [5.41, 5.74) is 1.19. The van der Waals surface area contributed by atoms with Gasteiger partial charge in [-0.1, -0.05) is 13.8 Å². The lowest BCUT2D eigenvalue weighted by Crippen LogP contribution is -2.50. The van der Waals surface area contributed by atoms with Gasteiger partial charge in [-0.05, 0) is 32.3 Å². The first-order chi connectivity index (χ1) is 9.04. The number of hydrogen-bond acceptors (Lipinski definition) is 3. The van der Waals surface area contributed by atoms with Gasteiger partial charge in [-0.15, -0.1) is 0 Å². The van der Waals surface area contributed by atoms with Crippen molar-refractivity contribution in [1.29, 1.82) is 0 Å². The van der Waals surface area contributed by atoms with Gasteiger partial charge in [0.1, 0.15) is 0 Å². The van der Waals surface area contributed by atoms with Gasteiger partial charge in [-0.2, -0.15) is 5.10 Å². The Bertz CT molecular complexity index is 383. The Hall–Kier alpha value is -0.870. The topological polar surface area (TPSA) is 33.1 Å². The van der Waals surface area contributed by atoms with Crippen LogP contribution in [0.4, 0.5) is 0 Å². The van der Waals surface area contributed by atoms with Crippen LogP contribution in [-0.4, -0.2) is 40.4 Å². The fraction of sp³-hybridized carbons (Fsp3) is 0.800. The van der Waals surface area contributed by atoms with Gasteiger partial charge in [0.15, 0.2) is 0 Å². The van der Waals surface area contributed by atoms with E-state index in [1.54, 1.807) is 0 Å². The highest BCUT2D eigenvalue weighted by Gasteiger charge is 2.20.